The average molecular weight is 256 g/mol. The van der Waals surface area contributed by atoms with E-state index in [2.05, 4.69) is 19.9 Å². The van der Waals surface area contributed by atoms with Crippen molar-refractivity contribution in [3.8, 4) is 0 Å². The predicted molar refractivity (Wildman–Crippen MR) is 66.8 cm³/mol. The van der Waals surface area contributed by atoms with Gasteiger partial charge in [0.25, 0.3) is 0 Å². The van der Waals surface area contributed by atoms with Crippen LogP contribution in [0, 0.1) is 0 Å². The highest BCUT2D eigenvalue weighted by Crippen LogP contribution is 2.16. The van der Waals surface area contributed by atoms with Crippen LogP contribution in [0.1, 0.15) is 0 Å². The number of fused-ring (bicyclic) bond motifs is 1. The third-order valence-corrected chi connectivity index (χ3v) is 3.93. The number of aliphatic hydroxyl groups excluding tert-OH is 1. The van der Waals surface area contributed by atoms with Gasteiger partial charge in [-0.1, -0.05) is 11.8 Å². The van der Waals surface area contributed by atoms with E-state index in [1.165, 1.54) is 0 Å². The van der Waals surface area contributed by atoms with E-state index in [1.807, 2.05) is 0 Å². The Bertz CT molecular complexity index is 448. The van der Waals surface area contributed by atoms with Gasteiger partial charge in [0.15, 0.2) is 10.8 Å². The number of aromatic amines is 1. The van der Waals surface area contributed by atoms with Crippen molar-refractivity contribution in [1.29, 1.82) is 0 Å². The molecule has 0 aliphatic rings. The second kappa shape index (κ2) is 6.07. The fraction of sp³-hybridized carbons (Fsp3) is 0.444. The standard InChI is InChI=1S/C9H12N4OS2/c14-1-2-15-3-4-16-9-10-5-7-8(13-9)12-6-11-7/h5-6,14H,1-4H2,(H,10,11,12,13). The van der Waals surface area contributed by atoms with Gasteiger partial charge in [-0.05, 0) is 0 Å². The first kappa shape index (κ1) is 11.7. The summed E-state index contributed by atoms with van der Waals surface area (Å²) in [4.78, 5) is 15.6. The Labute approximate surface area is 101 Å². The number of nitrogens with one attached hydrogen (secondary N) is 1. The van der Waals surface area contributed by atoms with E-state index in [1.54, 1.807) is 36.0 Å². The number of H-pyrrole nitrogens is 1. The van der Waals surface area contributed by atoms with Crippen LogP contribution in [-0.2, 0) is 0 Å². The van der Waals surface area contributed by atoms with E-state index in [0.29, 0.717) is 5.65 Å². The third kappa shape index (κ3) is 3.10. The molecule has 2 rings (SSSR count). The summed E-state index contributed by atoms with van der Waals surface area (Å²) in [5.41, 5.74) is 1.57. The van der Waals surface area contributed by atoms with Gasteiger partial charge in [0.1, 0.15) is 5.52 Å². The molecule has 0 aromatic carbocycles. The van der Waals surface area contributed by atoms with Gasteiger partial charge in [-0.25, -0.2) is 15.0 Å². The minimum atomic E-state index is 0.241. The Hall–Kier alpha value is -0.790. The fourth-order valence-corrected chi connectivity index (χ4v) is 2.75. The molecule has 7 heteroatoms. The zero-order valence-electron chi connectivity index (χ0n) is 8.59. The molecule has 86 valence electrons. The van der Waals surface area contributed by atoms with Crippen molar-refractivity contribution in [1.82, 2.24) is 19.9 Å². The maximum absolute atomic E-state index is 8.61. The molecule has 0 unspecified atom stereocenters. The number of aliphatic hydroxyl groups is 1. The number of rotatable bonds is 6. The summed E-state index contributed by atoms with van der Waals surface area (Å²) < 4.78 is 0. The molecule has 2 heterocycles. The summed E-state index contributed by atoms with van der Waals surface area (Å²) in [6.45, 7) is 0.241. The Balaban J connectivity index is 1.84. The molecule has 0 bridgehead atoms. The monoisotopic (exact) mass is 256 g/mol. The molecule has 16 heavy (non-hydrogen) atoms. The maximum Gasteiger partial charge on any atom is 0.189 e. The second-order valence-electron chi connectivity index (χ2n) is 2.98. The molecule has 2 aromatic heterocycles. The summed E-state index contributed by atoms with van der Waals surface area (Å²) in [5.74, 6) is 2.73. The first-order valence-electron chi connectivity index (χ1n) is 4.87. The number of nitrogens with zero attached hydrogens (tertiary/aromatic N) is 3. The van der Waals surface area contributed by atoms with Crippen LogP contribution in [0.4, 0.5) is 0 Å². The van der Waals surface area contributed by atoms with E-state index < -0.39 is 0 Å². The van der Waals surface area contributed by atoms with Gasteiger partial charge in [-0.15, -0.1) is 0 Å². The van der Waals surface area contributed by atoms with Crippen LogP contribution in [0.2, 0.25) is 0 Å². The number of thioether (sulfide) groups is 2. The van der Waals surface area contributed by atoms with Gasteiger partial charge in [0, 0.05) is 17.3 Å². The SMILES string of the molecule is OCCSCCSc1ncc2[nH]cnc2n1. The quantitative estimate of drug-likeness (QED) is 0.459. The Morgan fingerprint density at radius 3 is 3.06 bits per heavy atom. The van der Waals surface area contributed by atoms with Crippen molar-refractivity contribution in [3.63, 3.8) is 0 Å². The van der Waals surface area contributed by atoms with Crippen molar-refractivity contribution in [2.24, 2.45) is 0 Å². The minimum Gasteiger partial charge on any atom is -0.396 e. The van der Waals surface area contributed by atoms with E-state index in [9.17, 15) is 0 Å². The Morgan fingerprint density at radius 1 is 1.25 bits per heavy atom. The van der Waals surface area contributed by atoms with E-state index in [-0.39, 0.29) is 6.61 Å². The first-order valence-corrected chi connectivity index (χ1v) is 7.01. The van der Waals surface area contributed by atoms with Gasteiger partial charge in [0.05, 0.1) is 19.1 Å². The first-order chi connectivity index (χ1) is 7.90. The molecule has 0 radical (unpaired) electrons. The van der Waals surface area contributed by atoms with Crippen LogP contribution in [0.5, 0.6) is 0 Å². The average Bonchev–Trinajstić information content (AvgIpc) is 2.76. The fourth-order valence-electron chi connectivity index (χ4n) is 1.15. The summed E-state index contributed by atoms with van der Waals surface area (Å²) in [6.07, 6.45) is 3.36. The number of aromatic nitrogens is 4. The smallest absolute Gasteiger partial charge is 0.189 e. The lowest BCUT2D eigenvalue weighted by atomic mass is 10.6. The molecular formula is C9H12N4OS2. The van der Waals surface area contributed by atoms with Crippen LogP contribution in [0.15, 0.2) is 17.7 Å². The van der Waals surface area contributed by atoms with Crippen molar-refractivity contribution in [3.05, 3.63) is 12.5 Å². The Morgan fingerprint density at radius 2 is 2.19 bits per heavy atom. The van der Waals surface area contributed by atoms with Crippen molar-refractivity contribution >= 4 is 34.7 Å². The van der Waals surface area contributed by atoms with Gasteiger partial charge >= 0.3 is 0 Å². The lowest BCUT2D eigenvalue weighted by molar-refractivity contribution is 0.322. The van der Waals surface area contributed by atoms with Crippen LogP contribution in [0.25, 0.3) is 11.2 Å². The summed E-state index contributed by atoms with van der Waals surface area (Å²) in [7, 11) is 0. The molecule has 2 N–H and O–H groups in total. The van der Waals surface area contributed by atoms with E-state index in [0.717, 1.165) is 27.9 Å². The predicted octanol–water partition coefficient (Wildman–Crippen LogP) is 1.17. The lowest BCUT2D eigenvalue weighted by Gasteiger charge is -1.99. The van der Waals surface area contributed by atoms with Crippen molar-refractivity contribution in [2.75, 3.05) is 23.9 Å². The van der Waals surface area contributed by atoms with Crippen molar-refractivity contribution < 1.29 is 5.11 Å². The molecule has 0 atom stereocenters. The molecule has 0 fully saturated rings. The van der Waals surface area contributed by atoms with E-state index in [4.69, 9.17) is 5.11 Å². The lowest BCUT2D eigenvalue weighted by Crippen LogP contribution is -1.93. The molecule has 5 nitrogen and oxygen atoms in total. The molecular weight excluding hydrogens is 244 g/mol. The van der Waals surface area contributed by atoms with Gasteiger partial charge in [-0.2, -0.15) is 11.8 Å². The van der Waals surface area contributed by atoms with E-state index >= 15 is 0 Å². The highest BCUT2D eigenvalue weighted by atomic mass is 32.2. The van der Waals surface area contributed by atoms with Crippen LogP contribution >= 0.6 is 23.5 Å². The largest absolute Gasteiger partial charge is 0.396 e. The molecule has 0 saturated heterocycles. The molecule has 0 amide bonds. The molecule has 0 saturated carbocycles. The molecule has 0 aliphatic heterocycles. The summed E-state index contributed by atoms with van der Waals surface area (Å²) >= 11 is 3.34. The van der Waals surface area contributed by atoms with Gasteiger partial charge in [-0.3, -0.25) is 0 Å². The van der Waals surface area contributed by atoms with Crippen LogP contribution in [-0.4, -0.2) is 48.9 Å². The maximum atomic E-state index is 8.61. The Kier molecular flexibility index (Phi) is 4.44. The zero-order valence-corrected chi connectivity index (χ0v) is 10.2. The van der Waals surface area contributed by atoms with Crippen molar-refractivity contribution in [2.45, 2.75) is 5.16 Å². The van der Waals surface area contributed by atoms with Crippen LogP contribution < -0.4 is 0 Å². The van der Waals surface area contributed by atoms with Crippen LogP contribution in [0.3, 0.4) is 0 Å². The highest BCUT2D eigenvalue weighted by molar-refractivity contribution is 8.02. The van der Waals surface area contributed by atoms with Gasteiger partial charge < -0.3 is 10.1 Å². The normalized spacial score (nSPS) is 11.1. The summed E-state index contributed by atoms with van der Waals surface area (Å²) in [5, 5.41) is 9.37. The topological polar surface area (TPSA) is 74.7 Å². The summed E-state index contributed by atoms with van der Waals surface area (Å²) in [6, 6.07) is 0. The molecule has 0 aliphatic carbocycles. The minimum absolute atomic E-state index is 0.241. The van der Waals surface area contributed by atoms with Gasteiger partial charge in [0.2, 0.25) is 0 Å². The number of hydrogen-bond acceptors (Lipinski definition) is 6. The number of hydrogen-bond donors (Lipinski definition) is 2. The zero-order chi connectivity index (χ0) is 11.2. The number of imidazole rings is 1. The second-order valence-corrected chi connectivity index (χ2v) is 5.26. The third-order valence-electron chi connectivity index (χ3n) is 1.85. The molecule has 2 aromatic rings. The highest BCUT2D eigenvalue weighted by Gasteiger charge is 2.02. The molecule has 0 spiro atoms.